The predicted molar refractivity (Wildman–Crippen MR) is 133 cm³/mol. The summed E-state index contributed by atoms with van der Waals surface area (Å²) in [6.45, 7) is 2.35. The van der Waals surface area contributed by atoms with Crippen LogP contribution in [0.25, 0.3) is 11.0 Å². The van der Waals surface area contributed by atoms with Crippen molar-refractivity contribution in [1.29, 1.82) is 0 Å². The molecule has 9 heteroatoms. The molecule has 0 spiro atoms. The van der Waals surface area contributed by atoms with E-state index in [1.165, 1.54) is 31.0 Å². The van der Waals surface area contributed by atoms with E-state index in [1.54, 1.807) is 18.5 Å². The fourth-order valence-corrected chi connectivity index (χ4v) is 6.07. The lowest BCUT2D eigenvalue weighted by Gasteiger charge is -2.32. The maximum atomic E-state index is 13.8. The van der Waals surface area contributed by atoms with Gasteiger partial charge in [0, 0.05) is 61.1 Å². The summed E-state index contributed by atoms with van der Waals surface area (Å²) in [5.74, 6) is 3.28. The molecular formula is C26H28N6O2S. The number of carbonyl (C=O) groups excluding carboxylic acids is 1. The summed E-state index contributed by atoms with van der Waals surface area (Å²) in [6, 6.07) is 9.65. The van der Waals surface area contributed by atoms with Crippen LogP contribution in [0.2, 0.25) is 0 Å². The number of piperidine rings is 1. The number of rotatable bonds is 5. The summed E-state index contributed by atoms with van der Waals surface area (Å²) < 4.78 is 8.47. The van der Waals surface area contributed by atoms with Gasteiger partial charge >= 0.3 is 0 Å². The van der Waals surface area contributed by atoms with Crippen molar-refractivity contribution in [3.63, 3.8) is 0 Å². The van der Waals surface area contributed by atoms with Crippen LogP contribution in [-0.2, 0) is 18.7 Å². The number of hydrogen-bond donors (Lipinski definition) is 0. The largest absolute Gasteiger partial charge is 0.451 e. The van der Waals surface area contributed by atoms with Gasteiger partial charge in [-0.05, 0) is 37.8 Å². The lowest BCUT2D eigenvalue weighted by Crippen LogP contribution is -2.40. The van der Waals surface area contributed by atoms with Crippen molar-refractivity contribution in [3.8, 4) is 0 Å². The molecular weight excluding hydrogens is 460 g/mol. The van der Waals surface area contributed by atoms with Crippen LogP contribution >= 0.6 is 11.8 Å². The molecule has 2 aliphatic rings. The van der Waals surface area contributed by atoms with Gasteiger partial charge in [-0.25, -0.2) is 9.97 Å². The summed E-state index contributed by atoms with van der Waals surface area (Å²) in [6.07, 6.45) is 10.00. The molecule has 1 unspecified atom stereocenters. The molecule has 0 saturated carbocycles. The minimum atomic E-state index is -0.0499. The van der Waals surface area contributed by atoms with Crippen LogP contribution in [0.15, 0.2) is 52.3 Å². The highest BCUT2D eigenvalue weighted by molar-refractivity contribution is 7.98. The number of para-hydroxylation sites is 1. The highest BCUT2D eigenvalue weighted by Crippen LogP contribution is 2.34. The molecule has 1 atom stereocenters. The van der Waals surface area contributed by atoms with Crippen LogP contribution in [0.4, 0.5) is 0 Å². The predicted octanol–water partition coefficient (Wildman–Crippen LogP) is 4.85. The van der Waals surface area contributed by atoms with E-state index in [0.29, 0.717) is 23.2 Å². The highest BCUT2D eigenvalue weighted by atomic mass is 32.2. The van der Waals surface area contributed by atoms with Gasteiger partial charge in [-0.1, -0.05) is 36.4 Å². The van der Waals surface area contributed by atoms with Crippen molar-refractivity contribution in [3.05, 3.63) is 65.7 Å². The van der Waals surface area contributed by atoms with Crippen LogP contribution < -0.4 is 0 Å². The Bertz CT molecular complexity index is 1330. The first-order valence-electron chi connectivity index (χ1n) is 12.4. The fraction of sp³-hybridized carbons (Fsp3) is 0.423. The average molecular weight is 489 g/mol. The van der Waals surface area contributed by atoms with Crippen LogP contribution in [0.1, 0.15) is 65.8 Å². The minimum Gasteiger partial charge on any atom is -0.451 e. The second-order valence-electron chi connectivity index (χ2n) is 9.25. The van der Waals surface area contributed by atoms with E-state index in [1.807, 2.05) is 29.2 Å². The number of benzene rings is 1. The Morgan fingerprint density at radius 1 is 1.03 bits per heavy atom. The van der Waals surface area contributed by atoms with E-state index < -0.39 is 0 Å². The molecule has 0 aliphatic carbocycles. The quantitative estimate of drug-likeness (QED) is 0.293. The molecule has 2 aliphatic heterocycles. The first kappa shape index (κ1) is 22.3. The number of nitrogens with zero attached hydrogens (tertiary/aromatic N) is 6. The summed E-state index contributed by atoms with van der Waals surface area (Å²) in [7, 11) is 0. The van der Waals surface area contributed by atoms with Crippen molar-refractivity contribution in [2.75, 3.05) is 13.1 Å². The second kappa shape index (κ2) is 9.81. The number of fused-ring (bicyclic) bond motifs is 2. The van der Waals surface area contributed by atoms with Gasteiger partial charge in [0.25, 0.3) is 5.91 Å². The number of thioether (sulfide) groups is 1. The van der Waals surface area contributed by atoms with E-state index in [9.17, 15) is 4.79 Å². The molecule has 3 aromatic heterocycles. The van der Waals surface area contributed by atoms with Crippen LogP contribution in [-0.4, -0.2) is 48.6 Å². The minimum absolute atomic E-state index is 0.0499. The smallest absolute Gasteiger partial charge is 0.289 e. The number of carbonyl (C=O) groups is 1. The lowest BCUT2D eigenvalue weighted by atomic mass is 9.96. The Balaban J connectivity index is 1.27. The Morgan fingerprint density at radius 2 is 1.91 bits per heavy atom. The third-order valence-electron chi connectivity index (χ3n) is 6.99. The Kier molecular flexibility index (Phi) is 6.24. The third kappa shape index (κ3) is 4.45. The molecule has 1 amide bonds. The zero-order valence-electron chi connectivity index (χ0n) is 19.6. The first-order valence-corrected chi connectivity index (χ1v) is 13.4. The molecule has 0 N–H and O–H groups in total. The second-order valence-corrected chi connectivity index (χ2v) is 10.2. The molecule has 1 fully saturated rings. The van der Waals surface area contributed by atoms with Crippen LogP contribution in [0.3, 0.4) is 0 Å². The molecule has 0 bridgehead atoms. The number of furan rings is 1. The molecule has 6 rings (SSSR count). The molecule has 180 valence electrons. The number of likely N-dealkylation sites (tertiary alicyclic amines) is 1. The summed E-state index contributed by atoms with van der Waals surface area (Å²) >= 11 is 1.51. The number of amides is 1. The number of hydrogen-bond acceptors (Lipinski definition) is 7. The van der Waals surface area contributed by atoms with Gasteiger partial charge in [0.15, 0.2) is 10.9 Å². The number of aryl methyl sites for hydroxylation is 1. The van der Waals surface area contributed by atoms with E-state index in [-0.39, 0.29) is 11.8 Å². The Morgan fingerprint density at radius 3 is 2.83 bits per heavy atom. The van der Waals surface area contributed by atoms with Crippen LogP contribution in [0, 0.1) is 0 Å². The van der Waals surface area contributed by atoms with Gasteiger partial charge in [-0.2, -0.15) is 0 Å². The monoisotopic (exact) mass is 488 g/mol. The van der Waals surface area contributed by atoms with Crippen molar-refractivity contribution >= 4 is 28.6 Å². The van der Waals surface area contributed by atoms with E-state index in [2.05, 4.69) is 24.7 Å². The fourth-order valence-electron chi connectivity index (χ4n) is 5.24. The first-order chi connectivity index (χ1) is 17.3. The van der Waals surface area contributed by atoms with Crippen molar-refractivity contribution in [2.45, 2.75) is 61.9 Å². The summed E-state index contributed by atoms with van der Waals surface area (Å²) in [5, 5.41) is 10.7. The molecule has 1 saturated heterocycles. The molecule has 1 aromatic carbocycles. The average Bonchev–Trinajstić information content (AvgIpc) is 3.40. The zero-order chi connectivity index (χ0) is 23.6. The Hall–Kier alpha value is -3.20. The zero-order valence-corrected chi connectivity index (χ0v) is 20.4. The van der Waals surface area contributed by atoms with Gasteiger partial charge in [0.05, 0.1) is 0 Å². The van der Waals surface area contributed by atoms with Crippen molar-refractivity contribution in [2.24, 2.45) is 0 Å². The van der Waals surface area contributed by atoms with Gasteiger partial charge in [0.2, 0.25) is 0 Å². The maximum Gasteiger partial charge on any atom is 0.289 e. The molecule has 35 heavy (non-hydrogen) atoms. The van der Waals surface area contributed by atoms with Crippen molar-refractivity contribution < 1.29 is 9.21 Å². The van der Waals surface area contributed by atoms with Crippen LogP contribution in [0.5, 0.6) is 0 Å². The molecule has 5 heterocycles. The van der Waals surface area contributed by atoms with E-state index in [0.717, 1.165) is 60.5 Å². The van der Waals surface area contributed by atoms with E-state index >= 15 is 0 Å². The van der Waals surface area contributed by atoms with Gasteiger partial charge in [0.1, 0.15) is 17.2 Å². The number of aromatic nitrogens is 5. The van der Waals surface area contributed by atoms with Gasteiger partial charge in [-0.15, -0.1) is 10.2 Å². The van der Waals surface area contributed by atoms with Crippen molar-refractivity contribution in [1.82, 2.24) is 29.6 Å². The van der Waals surface area contributed by atoms with Gasteiger partial charge in [-0.3, -0.25) is 4.79 Å². The normalized spacial score (nSPS) is 18.4. The third-order valence-corrected chi connectivity index (χ3v) is 7.89. The lowest BCUT2D eigenvalue weighted by molar-refractivity contribution is 0.0672. The topological polar surface area (TPSA) is 89.9 Å². The molecule has 8 nitrogen and oxygen atoms in total. The summed E-state index contributed by atoms with van der Waals surface area (Å²) in [4.78, 5) is 24.4. The summed E-state index contributed by atoms with van der Waals surface area (Å²) in [5.41, 5.74) is 1.64. The highest BCUT2D eigenvalue weighted by Gasteiger charge is 2.32. The van der Waals surface area contributed by atoms with E-state index in [4.69, 9.17) is 4.42 Å². The van der Waals surface area contributed by atoms with Gasteiger partial charge < -0.3 is 13.9 Å². The standard InChI is InChI=1S/C26H28N6O2S/c33-25(31-14-6-8-18(16-31)24-30-29-22-11-2-1-5-15-32(22)24)23-20(17-35-26-27-12-7-13-28-26)19-9-3-4-10-21(19)34-23/h3-4,7,9-10,12-13,18H,1-2,5-6,8,11,14-17H2. The molecule has 4 aromatic rings. The molecule has 0 radical (unpaired) electrons. The SMILES string of the molecule is O=C(c1oc2ccccc2c1CSc1ncccn1)N1CCCC(c2nnc3n2CCCCC3)C1. The Labute approximate surface area is 208 Å². The maximum absolute atomic E-state index is 13.8.